The molecule has 0 aliphatic heterocycles. The molecular formula is C12H12N2O3. The van der Waals surface area contributed by atoms with Gasteiger partial charge in [-0.15, -0.1) is 0 Å². The van der Waals surface area contributed by atoms with E-state index in [1.165, 1.54) is 7.11 Å². The van der Waals surface area contributed by atoms with Gasteiger partial charge in [-0.1, -0.05) is 24.3 Å². The van der Waals surface area contributed by atoms with Crippen molar-refractivity contribution >= 4 is 5.97 Å². The smallest absolute Gasteiger partial charge is 0.339 e. The highest BCUT2D eigenvalue weighted by Crippen LogP contribution is 2.19. The zero-order chi connectivity index (χ0) is 12.3. The second-order valence-corrected chi connectivity index (χ2v) is 3.49. The van der Waals surface area contributed by atoms with Gasteiger partial charge in [-0.3, -0.25) is 0 Å². The second kappa shape index (κ2) is 4.80. The van der Waals surface area contributed by atoms with E-state index in [1.807, 2.05) is 0 Å². The number of hydrogen-bond donors (Lipinski definition) is 2. The summed E-state index contributed by atoms with van der Waals surface area (Å²) in [5, 5.41) is 9.61. The number of aliphatic hydroxyl groups excluding tert-OH is 1. The molecule has 0 spiro atoms. The van der Waals surface area contributed by atoms with E-state index in [4.69, 9.17) is 0 Å². The fourth-order valence-electron chi connectivity index (χ4n) is 1.49. The number of carbonyl (C=O) groups is 1. The van der Waals surface area contributed by atoms with Crippen molar-refractivity contribution < 1.29 is 14.6 Å². The van der Waals surface area contributed by atoms with Gasteiger partial charge in [-0.05, 0) is 5.56 Å². The van der Waals surface area contributed by atoms with E-state index in [2.05, 4.69) is 14.7 Å². The van der Waals surface area contributed by atoms with Crippen molar-refractivity contribution in [3.8, 4) is 11.4 Å². The molecule has 5 nitrogen and oxygen atoms in total. The Kier molecular flexibility index (Phi) is 3.20. The van der Waals surface area contributed by atoms with Crippen molar-refractivity contribution in [1.82, 2.24) is 9.97 Å². The van der Waals surface area contributed by atoms with Crippen LogP contribution in [0.1, 0.15) is 11.7 Å². The molecule has 1 aromatic carbocycles. The highest BCUT2D eigenvalue weighted by Gasteiger charge is 2.17. The van der Waals surface area contributed by atoms with Crippen LogP contribution in [-0.2, 0) is 9.53 Å². The fourth-order valence-corrected chi connectivity index (χ4v) is 1.49. The topological polar surface area (TPSA) is 75.2 Å². The lowest BCUT2D eigenvalue weighted by Gasteiger charge is -2.08. The van der Waals surface area contributed by atoms with Crippen LogP contribution in [0.25, 0.3) is 11.4 Å². The minimum Gasteiger partial charge on any atom is -0.467 e. The maximum absolute atomic E-state index is 11.1. The average molecular weight is 232 g/mol. The Labute approximate surface area is 98.1 Å². The van der Waals surface area contributed by atoms with Gasteiger partial charge >= 0.3 is 5.97 Å². The van der Waals surface area contributed by atoms with E-state index in [-0.39, 0.29) is 0 Å². The maximum Gasteiger partial charge on any atom is 0.339 e. The molecule has 0 saturated carbocycles. The summed E-state index contributed by atoms with van der Waals surface area (Å²) in [4.78, 5) is 18.2. The Hall–Kier alpha value is -2.14. The number of H-pyrrole nitrogens is 1. The van der Waals surface area contributed by atoms with E-state index in [9.17, 15) is 9.90 Å². The number of aromatic nitrogens is 2. The van der Waals surface area contributed by atoms with Crippen molar-refractivity contribution in [2.24, 2.45) is 0 Å². The second-order valence-electron chi connectivity index (χ2n) is 3.49. The molecule has 1 unspecified atom stereocenters. The van der Waals surface area contributed by atoms with Crippen molar-refractivity contribution in [2.45, 2.75) is 6.10 Å². The summed E-state index contributed by atoms with van der Waals surface area (Å²) in [5.74, 6) is 0.0693. The number of benzene rings is 1. The molecule has 17 heavy (non-hydrogen) atoms. The summed E-state index contributed by atoms with van der Waals surface area (Å²) < 4.78 is 4.46. The Balaban J connectivity index is 2.21. The highest BCUT2D eigenvalue weighted by molar-refractivity contribution is 5.76. The van der Waals surface area contributed by atoms with E-state index in [0.29, 0.717) is 5.56 Å². The quantitative estimate of drug-likeness (QED) is 0.782. The first kappa shape index (κ1) is 11.3. The van der Waals surface area contributed by atoms with Crippen LogP contribution in [0.2, 0.25) is 0 Å². The Morgan fingerprint density at radius 3 is 2.65 bits per heavy atom. The molecule has 0 fully saturated rings. The number of aliphatic hydroxyl groups is 1. The average Bonchev–Trinajstić information content (AvgIpc) is 2.91. The number of hydrogen-bond acceptors (Lipinski definition) is 4. The van der Waals surface area contributed by atoms with Crippen LogP contribution < -0.4 is 0 Å². The van der Waals surface area contributed by atoms with Crippen LogP contribution in [0, 0.1) is 0 Å². The van der Waals surface area contributed by atoms with Crippen LogP contribution in [0.5, 0.6) is 0 Å². The minimum atomic E-state index is -1.24. The first-order valence-corrected chi connectivity index (χ1v) is 5.08. The number of imidazole rings is 1. The normalized spacial score (nSPS) is 12.1. The van der Waals surface area contributed by atoms with Gasteiger partial charge in [-0.2, -0.15) is 0 Å². The standard InChI is InChI=1S/C12H12N2O3/c1-17-12(16)10(15)8-2-4-9(5-3-8)11-13-6-7-14-11/h2-7,10,15H,1H3,(H,13,14). The third kappa shape index (κ3) is 2.34. The molecule has 0 aliphatic carbocycles. The van der Waals surface area contributed by atoms with Gasteiger partial charge in [0.2, 0.25) is 0 Å². The zero-order valence-electron chi connectivity index (χ0n) is 9.25. The summed E-state index contributed by atoms with van der Waals surface area (Å²) in [6, 6.07) is 6.89. The molecule has 0 saturated heterocycles. The number of methoxy groups -OCH3 is 1. The molecule has 0 amide bonds. The molecule has 0 radical (unpaired) electrons. The van der Waals surface area contributed by atoms with E-state index < -0.39 is 12.1 Å². The Morgan fingerprint density at radius 2 is 2.12 bits per heavy atom. The van der Waals surface area contributed by atoms with Gasteiger partial charge in [-0.25, -0.2) is 9.78 Å². The van der Waals surface area contributed by atoms with Gasteiger partial charge in [0.15, 0.2) is 6.10 Å². The summed E-state index contributed by atoms with van der Waals surface area (Å²) >= 11 is 0. The van der Waals surface area contributed by atoms with Crippen molar-refractivity contribution in [3.63, 3.8) is 0 Å². The van der Waals surface area contributed by atoms with Gasteiger partial charge in [0, 0.05) is 18.0 Å². The molecule has 2 N–H and O–H groups in total. The van der Waals surface area contributed by atoms with E-state index in [1.54, 1.807) is 36.7 Å². The first-order chi connectivity index (χ1) is 8.22. The Bertz CT molecular complexity index is 491. The molecule has 88 valence electrons. The third-order valence-corrected chi connectivity index (χ3v) is 2.42. The molecule has 2 rings (SSSR count). The number of carbonyl (C=O) groups excluding carboxylic acids is 1. The van der Waals surface area contributed by atoms with Crippen LogP contribution in [0.15, 0.2) is 36.7 Å². The highest BCUT2D eigenvalue weighted by atomic mass is 16.5. The molecule has 1 heterocycles. The predicted octanol–water partition coefficient (Wildman–Crippen LogP) is 1.28. The molecule has 0 bridgehead atoms. The molecule has 1 aromatic heterocycles. The SMILES string of the molecule is COC(=O)C(O)c1ccc(-c2ncc[nH]2)cc1. The molecular weight excluding hydrogens is 220 g/mol. The number of rotatable bonds is 3. The van der Waals surface area contributed by atoms with Gasteiger partial charge in [0.1, 0.15) is 5.82 Å². The van der Waals surface area contributed by atoms with Crippen LogP contribution in [0.4, 0.5) is 0 Å². The summed E-state index contributed by atoms with van der Waals surface area (Å²) in [6.45, 7) is 0. The number of nitrogens with zero attached hydrogens (tertiary/aromatic N) is 1. The number of aromatic amines is 1. The lowest BCUT2D eigenvalue weighted by Crippen LogP contribution is -2.13. The van der Waals surface area contributed by atoms with E-state index in [0.717, 1.165) is 11.4 Å². The summed E-state index contributed by atoms with van der Waals surface area (Å²) in [5.41, 5.74) is 1.38. The van der Waals surface area contributed by atoms with E-state index >= 15 is 0 Å². The van der Waals surface area contributed by atoms with Crippen LogP contribution >= 0.6 is 0 Å². The van der Waals surface area contributed by atoms with Crippen LogP contribution in [0.3, 0.4) is 0 Å². The number of ether oxygens (including phenoxy) is 1. The lowest BCUT2D eigenvalue weighted by molar-refractivity contribution is -0.150. The monoisotopic (exact) mass is 232 g/mol. The van der Waals surface area contributed by atoms with Crippen LogP contribution in [-0.4, -0.2) is 28.2 Å². The number of esters is 1. The minimum absolute atomic E-state index is 0.493. The molecule has 5 heteroatoms. The first-order valence-electron chi connectivity index (χ1n) is 5.08. The van der Waals surface area contributed by atoms with Gasteiger partial charge < -0.3 is 14.8 Å². The molecule has 0 aliphatic rings. The summed E-state index contributed by atoms with van der Waals surface area (Å²) in [7, 11) is 1.24. The molecule has 1 atom stereocenters. The largest absolute Gasteiger partial charge is 0.467 e. The van der Waals surface area contributed by atoms with Gasteiger partial charge in [0.05, 0.1) is 7.11 Å². The van der Waals surface area contributed by atoms with Crippen molar-refractivity contribution in [2.75, 3.05) is 7.11 Å². The van der Waals surface area contributed by atoms with Gasteiger partial charge in [0.25, 0.3) is 0 Å². The van der Waals surface area contributed by atoms with Crippen molar-refractivity contribution in [3.05, 3.63) is 42.2 Å². The summed E-state index contributed by atoms with van der Waals surface area (Å²) in [6.07, 6.45) is 2.14. The predicted molar refractivity (Wildman–Crippen MR) is 61.0 cm³/mol. The fraction of sp³-hybridized carbons (Fsp3) is 0.167. The maximum atomic E-state index is 11.1. The molecule has 2 aromatic rings. The third-order valence-electron chi connectivity index (χ3n) is 2.42. The zero-order valence-corrected chi connectivity index (χ0v) is 9.25. The Morgan fingerprint density at radius 1 is 1.41 bits per heavy atom. The van der Waals surface area contributed by atoms with Crippen molar-refractivity contribution in [1.29, 1.82) is 0 Å². The number of nitrogens with one attached hydrogen (secondary N) is 1. The lowest BCUT2D eigenvalue weighted by atomic mass is 10.1.